The van der Waals surface area contributed by atoms with Crippen molar-refractivity contribution in [3.63, 3.8) is 0 Å². The standard InChI is InChI=1S/C9H7ClN2O2/c1-11-6-5-7-3-2-4-8(9(7)10)12(13)14/h2-4H,5-6H2. The molecule has 1 aromatic rings. The molecule has 0 N–H and O–H groups in total. The molecule has 5 heteroatoms. The lowest BCUT2D eigenvalue weighted by molar-refractivity contribution is -0.384. The van der Waals surface area contributed by atoms with Crippen LogP contribution in [0.25, 0.3) is 4.85 Å². The first-order valence-electron chi connectivity index (χ1n) is 3.92. The number of halogens is 1. The number of rotatable bonds is 3. The lowest BCUT2D eigenvalue weighted by atomic mass is 10.1. The number of nitro groups is 1. The van der Waals surface area contributed by atoms with Crippen LogP contribution in [0.3, 0.4) is 0 Å². The third kappa shape index (κ3) is 2.21. The van der Waals surface area contributed by atoms with E-state index in [1.165, 1.54) is 6.07 Å². The Bertz CT molecular complexity index is 398. The van der Waals surface area contributed by atoms with Gasteiger partial charge < -0.3 is 4.85 Å². The molecule has 0 bridgehead atoms. The molecule has 4 nitrogen and oxygen atoms in total. The molecule has 1 aromatic carbocycles. The van der Waals surface area contributed by atoms with E-state index in [1.54, 1.807) is 12.1 Å². The van der Waals surface area contributed by atoms with Crippen LogP contribution in [-0.4, -0.2) is 11.5 Å². The zero-order chi connectivity index (χ0) is 10.6. The van der Waals surface area contributed by atoms with Crippen molar-refractivity contribution in [2.45, 2.75) is 6.42 Å². The van der Waals surface area contributed by atoms with E-state index in [4.69, 9.17) is 18.2 Å². The van der Waals surface area contributed by atoms with Gasteiger partial charge in [0, 0.05) is 12.5 Å². The Labute approximate surface area is 86.1 Å². The molecule has 0 fully saturated rings. The molecule has 0 saturated carbocycles. The zero-order valence-electron chi connectivity index (χ0n) is 7.24. The van der Waals surface area contributed by atoms with E-state index in [-0.39, 0.29) is 10.7 Å². The van der Waals surface area contributed by atoms with E-state index in [0.717, 1.165) is 0 Å². The van der Waals surface area contributed by atoms with E-state index in [9.17, 15) is 10.1 Å². The Kier molecular flexibility index (Phi) is 3.43. The average molecular weight is 211 g/mol. The normalized spacial score (nSPS) is 9.43. The summed E-state index contributed by atoms with van der Waals surface area (Å²) < 4.78 is 0. The van der Waals surface area contributed by atoms with Gasteiger partial charge in [0.2, 0.25) is 6.54 Å². The van der Waals surface area contributed by atoms with Gasteiger partial charge in [-0.05, 0) is 5.56 Å². The highest BCUT2D eigenvalue weighted by Gasteiger charge is 2.15. The van der Waals surface area contributed by atoms with Gasteiger partial charge in [-0.2, -0.15) is 0 Å². The molecule has 0 spiro atoms. The Morgan fingerprint density at radius 1 is 1.57 bits per heavy atom. The number of hydrogen-bond acceptors (Lipinski definition) is 2. The fraction of sp³-hybridized carbons (Fsp3) is 0.222. The quantitative estimate of drug-likeness (QED) is 0.438. The SMILES string of the molecule is [C-]#[N+]CCc1cccc([N+](=O)[O-])c1Cl. The molecule has 0 saturated heterocycles. The van der Waals surface area contributed by atoms with Crippen molar-refractivity contribution in [1.82, 2.24) is 0 Å². The van der Waals surface area contributed by atoms with Crippen LogP contribution in [0.5, 0.6) is 0 Å². The highest BCUT2D eigenvalue weighted by Crippen LogP contribution is 2.27. The minimum absolute atomic E-state index is 0.103. The predicted octanol–water partition coefficient (Wildman–Crippen LogP) is 2.71. The van der Waals surface area contributed by atoms with E-state index < -0.39 is 4.92 Å². The van der Waals surface area contributed by atoms with Gasteiger partial charge in [0.15, 0.2) is 0 Å². The molecular weight excluding hydrogens is 204 g/mol. The summed E-state index contributed by atoms with van der Waals surface area (Å²) in [7, 11) is 0. The molecule has 0 aliphatic heterocycles. The number of benzene rings is 1. The summed E-state index contributed by atoms with van der Waals surface area (Å²) in [6, 6.07) is 4.62. The van der Waals surface area contributed by atoms with Gasteiger partial charge in [-0.3, -0.25) is 10.1 Å². The largest absolute Gasteiger partial charge is 0.317 e. The van der Waals surface area contributed by atoms with Crippen molar-refractivity contribution in [3.8, 4) is 0 Å². The fourth-order valence-corrected chi connectivity index (χ4v) is 1.37. The van der Waals surface area contributed by atoms with Crippen molar-refractivity contribution in [2.75, 3.05) is 6.54 Å². The van der Waals surface area contributed by atoms with Crippen molar-refractivity contribution < 1.29 is 4.92 Å². The second kappa shape index (κ2) is 4.58. The van der Waals surface area contributed by atoms with Gasteiger partial charge >= 0.3 is 0 Å². The first-order chi connectivity index (χ1) is 6.66. The highest BCUT2D eigenvalue weighted by atomic mass is 35.5. The van der Waals surface area contributed by atoms with Crippen LogP contribution < -0.4 is 0 Å². The van der Waals surface area contributed by atoms with E-state index in [1.807, 2.05) is 0 Å². The minimum atomic E-state index is -0.524. The third-order valence-electron chi connectivity index (χ3n) is 1.75. The molecule has 0 radical (unpaired) electrons. The number of nitro benzene ring substituents is 1. The molecule has 0 aliphatic rings. The molecule has 0 heterocycles. The molecule has 0 aromatic heterocycles. The van der Waals surface area contributed by atoms with Crippen LogP contribution in [0.15, 0.2) is 18.2 Å². The topological polar surface area (TPSA) is 47.5 Å². The molecular formula is C9H7ClN2O2. The van der Waals surface area contributed by atoms with Crippen molar-refractivity contribution in [3.05, 3.63) is 50.3 Å². The Balaban J connectivity index is 3.02. The molecule has 0 aliphatic carbocycles. The lowest BCUT2D eigenvalue weighted by Crippen LogP contribution is -1.94. The second-order valence-electron chi connectivity index (χ2n) is 2.64. The first-order valence-corrected chi connectivity index (χ1v) is 4.29. The van der Waals surface area contributed by atoms with Gasteiger partial charge in [0.1, 0.15) is 5.02 Å². The maximum absolute atomic E-state index is 10.5. The summed E-state index contributed by atoms with van der Waals surface area (Å²) in [5, 5.41) is 10.6. The molecule has 1 rings (SSSR count). The Hall–Kier alpha value is -1.60. The smallest absolute Gasteiger partial charge is 0.288 e. The maximum Gasteiger partial charge on any atom is 0.288 e. The third-order valence-corrected chi connectivity index (χ3v) is 2.18. The summed E-state index contributed by atoms with van der Waals surface area (Å²) in [5.74, 6) is 0. The average Bonchev–Trinajstić information content (AvgIpc) is 2.16. The molecule has 0 amide bonds. The summed E-state index contributed by atoms with van der Waals surface area (Å²) in [6.45, 7) is 6.90. The highest BCUT2D eigenvalue weighted by molar-refractivity contribution is 6.33. The second-order valence-corrected chi connectivity index (χ2v) is 3.02. The summed E-state index contributed by atoms with van der Waals surface area (Å²) in [5.41, 5.74) is 0.547. The number of nitrogens with zero attached hydrogens (tertiary/aromatic N) is 2. The molecule has 14 heavy (non-hydrogen) atoms. The van der Waals surface area contributed by atoms with Gasteiger partial charge in [-0.1, -0.05) is 23.7 Å². The summed E-state index contributed by atoms with van der Waals surface area (Å²) in [4.78, 5) is 13.2. The maximum atomic E-state index is 10.5. The van der Waals surface area contributed by atoms with Crippen LogP contribution in [0.2, 0.25) is 5.02 Å². The first kappa shape index (κ1) is 10.5. The van der Waals surface area contributed by atoms with Crippen LogP contribution >= 0.6 is 11.6 Å². The summed E-state index contributed by atoms with van der Waals surface area (Å²) in [6.07, 6.45) is 0.448. The lowest BCUT2D eigenvalue weighted by Gasteiger charge is -2.00. The monoisotopic (exact) mass is 210 g/mol. The van der Waals surface area contributed by atoms with Crippen molar-refractivity contribution in [2.24, 2.45) is 0 Å². The van der Waals surface area contributed by atoms with Gasteiger partial charge in [-0.25, -0.2) is 6.57 Å². The zero-order valence-corrected chi connectivity index (χ0v) is 7.99. The van der Waals surface area contributed by atoms with Crippen LogP contribution in [-0.2, 0) is 6.42 Å². The fourth-order valence-electron chi connectivity index (χ4n) is 1.08. The minimum Gasteiger partial charge on any atom is -0.317 e. The van der Waals surface area contributed by atoms with E-state index in [2.05, 4.69) is 4.85 Å². The van der Waals surface area contributed by atoms with Crippen molar-refractivity contribution >= 4 is 17.3 Å². The van der Waals surface area contributed by atoms with Crippen LogP contribution in [0, 0.1) is 16.7 Å². The molecule has 72 valence electrons. The molecule has 0 unspecified atom stereocenters. The number of hydrogen-bond donors (Lipinski definition) is 0. The van der Waals surface area contributed by atoms with Crippen LogP contribution in [0.1, 0.15) is 5.56 Å². The van der Waals surface area contributed by atoms with E-state index in [0.29, 0.717) is 18.5 Å². The predicted molar refractivity (Wildman–Crippen MR) is 53.3 cm³/mol. The van der Waals surface area contributed by atoms with Crippen molar-refractivity contribution in [1.29, 1.82) is 0 Å². The van der Waals surface area contributed by atoms with Crippen LogP contribution in [0.4, 0.5) is 5.69 Å². The van der Waals surface area contributed by atoms with Gasteiger partial charge in [0.25, 0.3) is 5.69 Å². The van der Waals surface area contributed by atoms with Gasteiger partial charge in [0.05, 0.1) is 4.92 Å². The Morgan fingerprint density at radius 3 is 2.86 bits per heavy atom. The van der Waals surface area contributed by atoms with E-state index >= 15 is 0 Å². The van der Waals surface area contributed by atoms with Gasteiger partial charge in [-0.15, -0.1) is 0 Å². The molecule has 0 atom stereocenters. The Morgan fingerprint density at radius 2 is 2.29 bits per heavy atom. The summed E-state index contributed by atoms with van der Waals surface area (Å²) >= 11 is 5.79.